The summed E-state index contributed by atoms with van der Waals surface area (Å²) in [6.45, 7) is 1.65. The summed E-state index contributed by atoms with van der Waals surface area (Å²) in [5.74, 6) is -1.67. The van der Waals surface area contributed by atoms with E-state index in [-0.39, 0.29) is 18.8 Å². The molecule has 18 heavy (non-hydrogen) atoms. The molecule has 0 bridgehead atoms. The molecule has 96 valence electrons. The third kappa shape index (κ3) is 2.22. The number of hydrogen-bond acceptors (Lipinski definition) is 4. The van der Waals surface area contributed by atoms with Crippen molar-refractivity contribution in [2.24, 2.45) is 5.92 Å². The van der Waals surface area contributed by atoms with Crippen LogP contribution in [0, 0.1) is 5.92 Å². The summed E-state index contributed by atoms with van der Waals surface area (Å²) in [6.07, 6.45) is -0.917. The standard InChI is InChI=1S/C13H14O5/c1-7(14)8-2-3-11-10(6-8)12(15)9(13(16)17)4-5-18-11/h2-3,6,9,12,15H,4-5H2,1H3,(H,16,17). The maximum Gasteiger partial charge on any atom is 0.309 e. The molecule has 2 rings (SSSR count). The van der Waals surface area contributed by atoms with Crippen LogP contribution in [0.15, 0.2) is 18.2 Å². The second-order valence-corrected chi connectivity index (χ2v) is 4.34. The molecule has 2 atom stereocenters. The Bertz CT molecular complexity index is 494. The van der Waals surface area contributed by atoms with Crippen molar-refractivity contribution in [3.63, 3.8) is 0 Å². The van der Waals surface area contributed by atoms with Gasteiger partial charge in [0.2, 0.25) is 0 Å². The second kappa shape index (κ2) is 4.78. The zero-order chi connectivity index (χ0) is 13.3. The number of ether oxygens (including phenoxy) is 1. The van der Waals surface area contributed by atoms with Crippen LogP contribution < -0.4 is 4.74 Å². The first-order valence-electron chi connectivity index (χ1n) is 5.69. The first-order chi connectivity index (χ1) is 8.50. The summed E-state index contributed by atoms with van der Waals surface area (Å²) in [5.41, 5.74) is 0.801. The average Bonchev–Trinajstić information content (AvgIpc) is 2.48. The molecule has 1 aromatic carbocycles. The van der Waals surface area contributed by atoms with Crippen molar-refractivity contribution in [3.8, 4) is 5.75 Å². The van der Waals surface area contributed by atoms with Crippen LogP contribution in [0.4, 0.5) is 0 Å². The van der Waals surface area contributed by atoms with Crippen LogP contribution in [0.2, 0.25) is 0 Å². The molecule has 5 heteroatoms. The summed E-state index contributed by atoms with van der Waals surface area (Å²) < 4.78 is 5.40. The molecule has 0 saturated carbocycles. The molecule has 1 aromatic rings. The molecule has 0 spiro atoms. The van der Waals surface area contributed by atoms with Crippen molar-refractivity contribution in [1.82, 2.24) is 0 Å². The molecule has 2 N–H and O–H groups in total. The Hall–Kier alpha value is -1.88. The van der Waals surface area contributed by atoms with E-state index in [0.29, 0.717) is 16.9 Å². The van der Waals surface area contributed by atoms with Crippen LogP contribution in [-0.4, -0.2) is 28.6 Å². The van der Waals surface area contributed by atoms with Gasteiger partial charge in [-0.1, -0.05) is 0 Å². The molecule has 0 radical (unpaired) electrons. The zero-order valence-electron chi connectivity index (χ0n) is 9.92. The third-order valence-corrected chi connectivity index (χ3v) is 3.12. The van der Waals surface area contributed by atoms with Gasteiger partial charge in [0.1, 0.15) is 5.75 Å². The topological polar surface area (TPSA) is 83.8 Å². The molecule has 2 unspecified atom stereocenters. The number of rotatable bonds is 2. The predicted molar refractivity (Wildman–Crippen MR) is 62.6 cm³/mol. The van der Waals surface area contributed by atoms with E-state index in [1.54, 1.807) is 12.1 Å². The summed E-state index contributed by atoms with van der Waals surface area (Å²) in [7, 11) is 0. The summed E-state index contributed by atoms with van der Waals surface area (Å²) in [5, 5.41) is 19.2. The van der Waals surface area contributed by atoms with Gasteiger partial charge in [0.25, 0.3) is 0 Å². The molecule has 0 aliphatic carbocycles. The fourth-order valence-electron chi connectivity index (χ4n) is 2.06. The number of aliphatic hydroxyl groups excluding tert-OH is 1. The molecule has 1 heterocycles. The van der Waals surface area contributed by atoms with Gasteiger partial charge < -0.3 is 14.9 Å². The summed E-state index contributed by atoms with van der Waals surface area (Å²) in [6, 6.07) is 4.71. The molecule has 0 aromatic heterocycles. The van der Waals surface area contributed by atoms with Crippen LogP contribution in [-0.2, 0) is 4.79 Å². The van der Waals surface area contributed by atoms with E-state index in [4.69, 9.17) is 9.84 Å². The Morgan fingerprint density at radius 1 is 1.39 bits per heavy atom. The van der Waals surface area contributed by atoms with E-state index < -0.39 is 18.0 Å². The quantitative estimate of drug-likeness (QED) is 0.775. The Kier molecular flexibility index (Phi) is 3.34. The predicted octanol–water partition coefficient (Wildman–Crippen LogP) is 1.41. The average molecular weight is 250 g/mol. The highest BCUT2D eigenvalue weighted by Crippen LogP contribution is 2.35. The highest BCUT2D eigenvalue weighted by Gasteiger charge is 2.32. The SMILES string of the molecule is CC(=O)c1ccc2c(c1)C(O)C(C(=O)O)CCO2. The first kappa shape index (κ1) is 12.6. The Labute approximate surface area is 104 Å². The van der Waals surface area contributed by atoms with Crippen molar-refractivity contribution >= 4 is 11.8 Å². The third-order valence-electron chi connectivity index (χ3n) is 3.12. The monoisotopic (exact) mass is 250 g/mol. The fourth-order valence-corrected chi connectivity index (χ4v) is 2.06. The number of carbonyl (C=O) groups excluding carboxylic acids is 1. The Morgan fingerprint density at radius 3 is 2.72 bits per heavy atom. The van der Waals surface area contributed by atoms with Gasteiger partial charge in [-0.05, 0) is 31.5 Å². The van der Waals surface area contributed by atoms with Gasteiger partial charge in [-0.15, -0.1) is 0 Å². The van der Waals surface area contributed by atoms with Crippen LogP contribution in [0.25, 0.3) is 0 Å². The Balaban J connectivity index is 2.46. The molecular formula is C13H14O5. The fraction of sp³-hybridized carbons (Fsp3) is 0.385. The lowest BCUT2D eigenvalue weighted by Gasteiger charge is -2.16. The normalized spacial score (nSPS) is 22.6. The van der Waals surface area contributed by atoms with E-state index in [1.165, 1.54) is 13.0 Å². The molecule has 0 saturated heterocycles. The highest BCUT2D eigenvalue weighted by molar-refractivity contribution is 5.94. The van der Waals surface area contributed by atoms with E-state index in [2.05, 4.69) is 0 Å². The molecular weight excluding hydrogens is 236 g/mol. The van der Waals surface area contributed by atoms with Crippen molar-refractivity contribution in [2.75, 3.05) is 6.61 Å². The number of carboxylic acid groups (broad SMARTS) is 1. The largest absolute Gasteiger partial charge is 0.493 e. The lowest BCUT2D eigenvalue weighted by atomic mass is 9.92. The van der Waals surface area contributed by atoms with Crippen LogP contribution in [0.1, 0.15) is 35.4 Å². The van der Waals surface area contributed by atoms with Crippen LogP contribution in [0.5, 0.6) is 5.75 Å². The number of carboxylic acids is 1. The second-order valence-electron chi connectivity index (χ2n) is 4.34. The highest BCUT2D eigenvalue weighted by atomic mass is 16.5. The number of benzene rings is 1. The maximum atomic E-state index is 11.3. The Morgan fingerprint density at radius 2 is 2.11 bits per heavy atom. The van der Waals surface area contributed by atoms with E-state index >= 15 is 0 Å². The van der Waals surface area contributed by atoms with Gasteiger partial charge in [-0.3, -0.25) is 9.59 Å². The number of carbonyl (C=O) groups is 2. The van der Waals surface area contributed by atoms with Crippen LogP contribution in [0.3, 0.4) is 0 Å². The van der Waals surface area contributed by atoms with Crippen molar-refractivity contribution in [1.29, 1.82) is 0 Å². The lowest BCUT2D eigenvalue weighted by molar-refractivity contribution is -0.146. The molecule has 0 fully saturated rings. The van der Waals surface area contributed by atoms with Crippen molar-refractivity contribution < 1.29 is 24.5 Å². The van der Waals surface area contributed by atoms with E-state index in [0.717, 1.165) is 0 Å². The molecule has 0 amide bonds. The molecule has 1 aliphatic rings. The van der Waals surface area contributed by atoms with Gasteiger partial charge in [0.05, 0.1) is 18.6 Å². The number of ketones is 1. The first-order valence-corrected chi connectivity index (χ1v) is 5.69. The van der Waals surface area contributed by atoms with Gasteiger partial charge in [0, 0.05) is 11.1 Å². The van der Waals surface area contributed by atoms with Gasteiger partial charge >= 0.3 is 5.97 Å². The number of aliphatic carboxylic acids is 1. The van der Waals surface area contributed by atoms with Gasteiger partial charge in [-0.25, -0.2) is 0 Å². The van der Waals surface area contributed by atoms with Crippen LogP contribution >= 0.6 is 0 Å². The summed E-state index contributed by atoms with van der Waals surface area (Å²) in [4.78, 5) is 22.4. The van der Waals surface area contributed by atoms with Gasteiger partial charge in [-0.2, -0.15) is 0 Å². The molecule has 5 nitrogen and oxygen atoms in total. The van der Waals surface area contributed by atoms with Crippen molar-refractivity contribution in [2.45, 2.75) is 19.4 Å². The number of Topliss-reactive ketones (excluding diaryl/α,β-unsaturated/α-hetero) is 1. The maximum absolute atomic E-state index is 11.3. The summed E-state index contributed by atoms with van der Waals surface area (Å²) >= 11 is 0. The smallest absolute Gasteiger partial charge is 0.309 e. The molecule has 1 aliphatic heterocycles. The number of fused-ring (bicyclic) bond motifs is 1. The minimum atomic E-state index is -1.15. The zero-order valence-corrected chi connectivity index (χ0v) is 9.92. The van der Waals surface area contributed by atoms with Gasteiger partial charge in [0.15, 0.2) is 5.78 Å². The number of hydrogen-bond donors (Lipinski definition) is 2. The minimum absolute atomic E-state index is 0.138. The number of aliphatic hydroxyl groups is 1. The van der Waals surface area contributed by atoms with E-state index in [9.17, 15) is 14.7 Å². The van der Waals surface area contributed by atoms with Crippen molar-refractivity contribution in [3.05, 3.63) is 29.3 Å². The van der Waals surface area contributed by atoms with E-state index in [1.807, 2.05) is 0 Å². The lowest BCUT2D eigenvalue weighted by Crippen LogP contribution is -2.22. The minimum Gasteiger partial charge on any atom is -0.493 e.